The van der Waals surface area contributed by atoms with Crippen molar-refractivity contribution in [3.05, 3.63) is 59.9 Å². The zero-order chi connectivity index (χ0) is 20.6. The van der Waals surface area contributed by atoms with Crippen LogP contribution in [0.5, 0.6) is 5.75 Å². The minimum absolute atomic E-state index is 0.105. The molecule has 5 nitrogen and oxygen atoms in total. The molecule has 0 heterocycles. The molecule has 0 aromatic heterocycles. The van der Waals surface area contributed by atoms with Crippen molar-refractivity contribution in [1.29, 1.82) is 0 Å². The SMILES string of the molecule is CC(C)(C)C(=O)Nc1cccc(C(=O)NCCCCOc2ccc(F)cc2)c1. The van der Waals surface area contributed by atoms with Crippen LogP contribution in [0.25, 0.3) is 0 Å². The van der Waals surface area contributed by atoms with Crippen molar-refractivity contribution in [2.45, 2.75) is 33.6 Å². The van der Waals surface area contributed by atoms with E-state index in [4.69, 9.17) is 4.74 Å². The van der Waals surface area contributed by atoms with Gasteiger partial charge >= 0.3 is 0 Å². The number of carbonyl (C=O) groups is 2. The van der Waals surface area contributed by atoms with Gasteiger partial charge in [-0.1, -0.05) is 26.8 Å². The number of hydrogen-bond acceptors (Lipinski definition) is 3. The first-order valence-corrected chi connectivity index (χ1v) is 9.34. The Morgan fingerprint density at radius 3 is 2.43 bits per heavy atom. The summed E-state index contributed by atoms with van der Waals surface area (Å²) in [5.41, 5.74) is 0.586. The quantitative estimate of drug-likeness (QED) is 0.661. The van der Waals surface area contributed by atoms with Gasteiger partial charge in [0.05, 0.1) is 6.61 Å². The Morgan fingerprint density at radius 1 is 1.04 bits per heavy atom. The van der Waals surface area contributed by atoms with Gasteiger partial charge in [0, 0.05) is 23.2 Å². The lowest BCUT2D eigenvalue weighted by molar-refractivity contribution is -0.123. The molecule has 2 amide bonds. The molecule has 0 fully saturated rings. The smallest absolute Gasteiger partial charge is 0.251 e. The Kier molecular flexibility index (Phi) is 7.55. The number of nitrogens with one attached hydrogen (secondary N) is 2. The van der Waals surface area contributed by atoms with E-state index < -0.39 is 5.41 Å². The molecule has 0 atom stereocenters. The number of carbonyl (C=O) groups excluding carboxylic acids is 2. The van der Waals surface area contributed by atoms with Gasteiger partial charge < -0.3 is 15.4 Å². The molecule has 0 saturated carbocycles. The third-order valence-corrected chi connectivity index (χ3v) is 4.00. The number of halogens is 1. The Labute approximate surface area is 165 Å². The number of rotatable bonds is 8. The van der Waals surface area contributed by atoms with Crippen molar-refractivity contribution in [3.63, 3.8) is 0 Å². The van der Waals surface area contributed by atoms with Crippen LogP contribution in [0.2, 0.25) is 0 Å². The summed E-state index contributed by atoms with van der Waals surface area (Å²) >= 11 is 0. The number of amides is 2. The van der Waals surface area contributed by atoms with Crippen LogP contribution in [0.1, 0.15) is 44.0 Å². The number of hydrogen-bond donors (Lipinski definition) is 2. The minimum Gasteiger partial charge on any atom is -0.494 e. The van der Waals surface area contributed by atoms with Gasteiger partial charge in [0.25, 0.3) is 5.91 Å². The molecule has 0 aliphatic rings. The number of anilines is 1. The maximum atomic E-state index is 12.8. The van der Waals surface area contributed by atoms with Crippen molar-refractivity contribution in [2.24, 2.45) is 5.41 Å². The fourth-order valence-electron chi connectivity index (χ4n) is 2.31. The van der Waals surface area contributed by atoms with Crippen molar-refractivity contribution < 1.29 is 18.7 Å². The lowest BCUT2D eigenvalue weighted by atomic mass is 9.95. The molecular weight excluding hydrogens is 359 g/mol. The highest BCUT2D eigenvalue weighted by Crippen LogP contribution is 2.18. The first-order valence-electron chi connectivity index (χ1n) is 9.34. The van der Waals surface area contributed by atoms with Crippen LogP contribution < -0.4 is 15.4 Å². The molecular formula is C22H27FN2O3. The highest BCUT2D eigenvalue weighted by Gasteiger charge is 2.21. The van der Waals surface area contributed by atoms with E-state index in [9.17, 15) is 14.0 Å². The summed E-state index contributed by atoms with van der Waals surface area (Å²) < 4.78 is 18.3. The van der Waals surface area contributed by atoms with Crippen molar-refractivity contribution in [3.8, 4) is 5.75 Å². The predicted molar refractivity (Wildman–Crippen MR) is 108 cm³/mol. The number of benzene rings is 2. The van der Waals surface area contributed by atoms with Crippen molar-refractivity contribution >= 4 is 17.5 Å². The van der Waals surface area contributed by atoms with Gasteiger partial charge in [0.15, 0.2) is 0 Å². The average molecular weight is 386 g/mol. The summed E-state index contributed by atoms with van der Waals surface area (Å²) in [5, 5.41) is 5.68. The molecule has 2 N–H and O–H groups in total. The summed E-state index contributed by atoms with van der Waals surface area (Å²) in [4.78, 5) is 24.3. The van der Waals surface area contributed by atoms with Gasteiger partial charge in [-0.3, -0.25) is 9.59 Å². The van der Waals surface area contributed by atoms with E-state index in [2.05, 4.69) is 10.6 Å². The van der Waals surface area contributed by atoms with Crippen LogP contribution in [0.15, 0.2) is 48.5 Å². The molecule has 0 aliphatic heterocycles. The normalized spacial score (nSPS) is 11.0. The molecule has 0 aliphatic carbocycles. The minimum atomic E-state index is -0.506. The molecule has 0 bridgehead atoms. The summed E-state index contributed by atoms with van der Waals surface area (Å²) in [7, 11) is 0. The van der Waals surface area contributed by atoms with Gasteiger partial charge in [-0.05, 0) is 55.3 Å². The zero-order valence-electron chi connectivity index (χ0n) is 16.5. The Balaban J connectivity index is 1.72. The molecule has 150 valence electrons. The van der Waals surface area contributed by atoms with Gasteiger partial charge in [-0.2, -0.15) is 0 Å². The second kappa shape index (κ2) is 9.88. The van der Waals surface area contributed by atoms with Crippen LogP contribution in [0.4, 0.5) is 10.1 Å². The molecule has 28 heavy (non-hydrogen) atoms. The van der Waals surface area contributed by atoms with Crippen LogP contribution in [0.3, 0.4) is 0 Å². The summed E-state index contributed by atoms with van der Waals surface area (Å²) in [6.07, 6.45) is 1.52. The monoisotopic (exact) mass is 386 g/mol. The molecule has 0 saturated heterocycles. The Morgan fingerprint density at radius 2 is 1.75 bits per heavy atom. The maximum Gasteiger partial charge on any atom is 0.251 e. The topological polar surface area (TPSA) is 67.4 Å². The predicted octanol–water partition coefficient (Wildman–Crippen LogP) is 4.40. The van der Waals surface area contributed by atoms with Gasteiger partial charge in [0.2, 0.25) is 5.91 Å². The molecule has 6 heteroatoms. The highest BCUT2D eigenvalue weighted by atomic mass is 19.1. The van der Waals surface area contributed by atoms with Gasteiger partial charge in [-0.25, -0.2) is 4.39 Å². The fraction of sp³-hybridized carbons (Fsp3) is 0.364. The summed E-state index contributed by atoms with van der Waals surface area (Å²) in [5.74, 6) is 0.0363. The van der Waals surface area contributed by atoms with Crippen LogP contribution in [-0.4, -0.2) is 25.0 Å². The molecule has 2 aromatic rings. The summed E-state index contributed by atoms with van der Waals surface area (Å²) in [6.45, 7) is 6.51. The van der Waals surface area contributed by atoms with Crippen molar-refractivity contribution in [1.82, 2.24) is 5.32 Å². The van der Waals surface area contributed by atoms with E-state index in [0.29, 0.717) is 30.2 Å². The average Bonchev–Trinajstić information content (AvgIpc) is 2.65. The zero-order valence-corrected chi connectivity index (χ0v) is 16.5. The van der Waals surface area contributed by atoms with Crippen LogP contribution in [0, 0.1) is 11.2 Å². The molecule has 0 radical (unpaired) electrons. The van der Waals surface area contributed by atoms with E-state index >= 15 is 0 Å². The molecule has 0 unspecified atom stereocenters. The lowest BCUT2D eigenvalue weighted by Gasteiger charge is -2.18. The van der Waals surface area contributed by atoms with E-state index in [1.807, 2.05) is 20.8 Å². The van der Waals surface area contributed by atoms with E-state index in [1.54, 1.807) is 36.4 Å². The summed E-state index contributed by atoms with van der Waals surface area (Å²) in [6, 6.07) is 12.7. The Bertz CT molecular complexity index is 798. The number of unbranched alkanes of at least 4 members (excludes halogenated alkanes) is 1. The lowest BCUT2D eigenvalue weighted by Crippen LogP contribution is -2.28. The largest absolute Gasteiger partial charge is 0.494 e. The van der Waals surface area contributed by atoms with E-state index in [1.165, 1.54) is 12.1 Å². The van der Waals surface area contributed by atoms with Gasteiger partial charge in [-0.15, -0.1) is 0 Å². The van der Waals surface area contributed by atoms with Crippen molar-refractivity contribution in [2.75, 3.05) is 18.5 Å². The highest BCUT2D eigenvalue weighted by molar-refractivity contribution is 5.98. The second-order valence-corrected chi connectivity index (χ2v) is 7.55. The van der Waals surface area contributed by atoms with E-state index in [-0.39, 0.29) is 17.6 Å². The first kappa shape index (κ1) is 21.4. The second-order valence-electron chi connectivity index (χ2n) is 7.55. The molecule has 0 spiro atoms. The van der Waals surface area contributed by atoms with Crippen LogP contribution in [-0.2, 0) is 4.79 Å². The molecule has 2 rings (SSSR count). The van der Waals surface area contributed by atoms with E-state index in [0.717, 1.165) is 12.8 Å². The standard InChI is InChI=1S/C22H27FN2O3/c1-22(2,3)21(27)25-18-8-6-7-16(15-18)20(26)24-13-4-5-14-28-19-11-9-17(23)10-12-19/h6-12,15H,4-5,13-14H2,1-3H3,(H,24,26)(H,25,27). The first-order chi connectivity index (χ1) is 13.3. The van der Waals surface area contributed by atoms with Crippen LogP contribution >= 0.6 is 0 Å². The maximum absolute atomic E-state index is 12.8. The fourth-order valence-corrected chi connectivity index (χ4v) is 2.31. The third-order valence-electron chi connectivity index (χ3n) is 4.00. The third kappa shape index (κ3) is 7.02. The Hall–Kier alpha value is -2.89. The van der Waals surface area contributed by atoms with Gasteiger partial charge in [0.1, 0.15) is 11.6 Å². The number of ether oxygens (including phenoxy) is 1. The molecule has 2 aromatic carbocycles.